The number of amides is 1. The molecule has 0 spiro atoms. The van der Waals surface area contributed by atoms with Crippen LogP contribution in [0, 0.1) is 0 Å². The molecule has 0 unspecified atom stereocenters. The van der Waals surface area contributed by atoms with E-state index in [2.05, 4.69) is 5.32 Å². The van der Waals surface area contributed by atoms with Gasteiger partial charge < -0.3 is 14.6 Å². The van der Waals surface area contributed by atoms with Crippen molar-refractivity contribution in [3.05, 3.63) is 75.6 Å². The van der Waals surface area contributed by atoms with Crippen molar-refractivity contribution < 1.29 is 22.7 Å². The molecule has 1 N–H and O–H groups in total. The monoisotopic (exact) mass is 404 g/mol. The number of aryl methyl sites for hydroxylation is 1. The first-order valence-electron chi connectivity index (χ1n) is 8.90. The van der Waals surface area contributed by atoms with E-state index in [1.807, 2.05) is 0 Å². The Morgan fingerprint density at radius 3 is 2.41 bits per heavy atom. The van der Waals surface area contributed by atoms with Gasteiger partial charge in [0.15, 0.2) is 0 Å². The van der Waals surface area contributed by atoms with Gasteiger partial charge in [-0.1, -0.05) is 12.1 Å². The lowest BCUT2D eigenvalue weighted by molar-refractivity contribution is -0.137. The molecular formula is C21H19F3N2O3. The number of halogens is 3. The molecule has 0 saturated carbocycles. The molecule has 0 aliphatic heterocycles. The van der Waals surface area contributed by atoms with E-state index in [1.54, 1.807) is 42.9 Å². The van der Waals surface area contributed by atoms with Gasteiger partial charge in [-0.05, 0) is 42.8 Å². The number of carbonyl (C=O) groups is 1. The number of alkyl halides is 3. The number of rotatable bonds is 5. The molecule has 0 aliphatic rings. The van der Waals surface area contributed by atoms with Crippen molar-refractivity contribution in [2.75, 3.05) is 7.11 Å². The number of aromatic nitrogens is 1. The minimum atomic E-state index is -4.58. The molecular weight excluding hydrogens is 385 g/mol. The molecule has 0 atom stereocenters. The number of methoxy groups -OCH3 is 1. The summed E-state index contributed by atoms with van der Waals surface area (Å²) < 4.78 is 45.8. The smallest absolute Gasteiger partial charge is 0.416 e. The quantitative estimate of drug-likeness (QED) is 0.700. The molecule has 1 heterocycles. The van der Waals surface area contributed by atoms with Gasteiger partial charge in [0.1, 0.15) is 11.3 Å². The molecule has 8 heteroatoms. The third kappa shape index (κ3) is 4.26. The number of hydrogen-bond acceptors (Lipinski definition) is 3. The van der Waals surface area contributed by atoms with Gasteiger partial charge >= 0.3 is 6.18 Å². The second-order valence-corrected chi connectivity index (χ2v) is 6.42. The van der Waals surface area contributed by atoms with Gasteiger partial charge in [0.05, 0.1) is 18.2 Å². The summed E-state index contributed by atoms with van der Waals surface area (Å²) in [6.07, 6.45) is -3.20. The van der Waals surface area contributed by atoms with E-state index in [0.29, 0.717) is 17.8 Å². The van der Waals surface area contributed by atoms with E-state index in [4.69, 9.17) is 4.74 Å². The number of fused-ring (bicyclic) bond motifs is 1. The Kier molecular flexibility index (Phi) is 5.63. The minimum absolute atomic E-state index is 0.140. The molecule has 0 aliphatic carbocycles. The van der Waals surface area contributed by atoms with Crippen molar-refractivity contribution in [3.8, 4) is 5.75 Å². The zero-order chi connectivity index (χ0) is 21.2. The summed E-state index contributed by atoms with van der Waals surface area (Å²) in [7, 11) is 1.54. The Morgan fingerprint density at radius 1 is 1.14 bits per heavy atom. The van der Waals surface area contributed by atoms with Crippen LogP contribution in [0.1, 0.15) is 28.4 Å². The Morgan fingerprint density at radius 2 is 1.83 bits per heavy atom. The van der Waals surface area contributed by atoms with Crippen LogP contribution in [0.25, 0.3) is 10.9 Å². The fourth-order valence-corrected chi connectivity index (χ4v) is 3.02. The molecule has 1 aromatic heterocycles. The minimum Gasteiger partial charge on any atom is -0.497 e. The summed E-state index contributed by atoms with van der Waals surface area (Å²) in [6.45, 7) is 2.33. The van der Waals surface area contributed by atoms with Gasteiger partial charge in [-0.3, -0.25) is 9.59 Å². The van der Waals surface area contributed by atoms with Crippen LogP contribution in [0.15, 0.2) is 53.5 Å². The lowest BCUT2D eigenvalue weighted by atomic mass is 10.1. The Bertz CT molecular complexity index is 1100. The standard InChI is InChI=1S/C21H19F3N2O3/c1-3-26-12-17(20(28)25-11-13-4-7-15(29-2)8-5-13)19(27)16-10-14(21(22,23)24)6-9-18(16)26/h4-10,12H,3,11H2,1-2H3,(H,25,28). The summed E-state index contributed by atoms with van der Waals surface area (Å²) in [5.74, 6) is 0.0215. The Hall–Kier alpha value is -3.29. The van der Waals surface area contributed by atoms with Gasteiger partial charge in [0.25, 0.3) is 5.91 Å². The first kappa shape index (κ1) is 20.4. The maximum atomic E-state index is 13.1. The van der Waals surface area contributed by atoms with Gasteiger partial charge in [-0.2, -0.15) is 13.2 Å². The third-order valence-corrected chi connectivity index (χ3v) is 4.60. The molecule has 29 heavy (non-hydrogen) atoms. The predicted molar refractivity (Wildman–Crippen MR) is 103 cm³/mol. The molecule has 0 bridgehead atoms. The van der Waals surface area contributed by atoms with Crippen molar-refractivity contribution >= 4 is 16.8 Å². The molecule has 2 aromatic carbocycles. The van der Waals surface area contributed by atoms with E-state index < -0.39 is 23.1 Å². The fraction of sp³-hybridized carbons (Fsp3) is 0.238. The van der Waals surface area contributed by atoms with Crippen molar-refractivity contribution in [1.29, 1.82) is 0 Å². The van der Waals surface area contributed by atoms with E-state index in [1.165, 1.54) is 12.3 Å². The van der Waals surface area contributed by atoms with Crippen LogP contribution in [0.5, 0.6) is 5.75 Å². The van der Waals surface area contributed by atoms with Gasteiger partial charge in [-0.25, -0.2) is 0 Å². The van der Waals surface area contributed by atoms with Crippen LogP contribution >= 0.6 is 0 Å². The third-order valence-electron chi connectivity index (χ3n) is 4.60. The second kappa shape index (κ2) is 7.98. The average Bonchev–Trinajstić information content (AvgIpc) is 2.72. The molecule has 0 radical (unpaired) electrons. The molecule has 1 amide bonds. The van der Waals surface area contributed by atoms with Crippen LogP contribution in [0.4, 0.5) is 13.2 Å². The highest BCUT2D eigenvalue weighted by Crippen LogP contribution is 2.30. The summed E-state index contributed by atoms with van der Waals surface area (Å²) in [6, 6.07) is 9.98. The Labute approximate surface area is 164 Å². The lowest BCUT2D eigenvalue weighted by Gasteiger charge is -2.14. The number of ether oxygens (including phenoxy) is 1. The number of nitrogens with zero attached hydrogens (tertiary/aromatic N) is 1. The molecule has 3 aromatic rings. The fourth-order valence-electron chi connectivity index (χ4n) is 3.02. The number of nitrogens with one attached hydrogen (secondary N) is 1. The molecule has 152 valence electrons. The zero-order valence-electron chi connectivity index (χ0n) is 15.8. The van der Waals surface area contributed by atoms with Gasteiger partial charge in [0.2, 0.25) is 5.43 Å². The summed E-state index contributed by atoms with van der Waals surface area (Å²) in [5.41, 5.74) is -0.733. The van der Waals surface area contributed by atoms with Crippen LogP contribution in [0.2, 0.25) is 0 Å². The first-order valence-corrected chi connectivity index (χ1v) is 8.90. The largest absolute Gasteiger partial charge is 0.497 e. The SMILES string of the molecule is CCn1cc(C(=O)NCc2ccc(OC)cc2)c(=O)c2cc(C(F)(F)F)ccc21. The van der Waals surface area contributed by atoms with Crippen molar-refractivity contribution in [1.82, 2.24) is 9.88 Å². The normalized spacial score (nSPS) is 11.5. The van der Waals surface area contributed by atoms with Crippen LogP contribution < -0.4 is 15.5 Å². The van der Waals surface area contributed by atoms with Crippen molar-refractivity contribution in [3.63, 3.8) is 0 Å². The highest BCUT2D eigenvalue weighted by Gasteiger charge is 2.31. The van der Waals surface area contributed by atoms with E-state index in [0.717, 1.165) is 17.7 Å². The maximum absolute atomic E-state index is 13.1. The zero-order valence-corrected chi connectivity index (χ0v) is 15.8. The van der Waals surface area contributed by atoms with Crippen LogP contribution in [0.3, 0.4) is 0 Å². The summed E-state index contributed by atoms with van der Waals surface area (Å²) in [4.78, 5) is 25.3. The maximum Gasteiger partial charge on any atom is 0.416 e. The number of benzene rings is 2. The summed E-state index contributed by atoms with van der Waals surface area (Å²) >= 11 is 0. The molecule has 5 nitrogen and oxygen atoms in total. The number of carbonyl (C=O) groups excluding carboxylic acids is 1. The van der Waals surface area contributed by atoms with Crippen LogP contribution in [-0.4, -0.2) is 17.6 Å². The van der Waals surface area contributed by atoms with Crippen molar-refractivity contribution in [2.45, 2.75) is 26.2 Å². The molecule has 0 fully saturated rings. The summed E-state index contributed by atoms with van der Waals surface area (Å²) in [5, 5.41) is 2.50. The number of hydrogen-bond donors (Lipinski definition) is 1. The first-order chi connectivity index (χ1) is 13.7. The average molecular weight is 404 g/mol. The van der Waals surface area contributed by atoms with E-state index in [9.17, 15) is 22.8 Å². The topological polar surface area (TPSA) is 60.3 Å². The molecule has 3 rings (SSSR count). The highest BCUT2D eigenvalue weighted by atomic mass is 19.4. The van der Waals surface area contributed by atoms with Gasteiger partial charge in [0, 0.05) is 24.7 Å². The number of pyridine rings is 1. The van der Waals surface area contributed by atoms with Crippen LogP contribution in [-0.2, 0) is 19.3 Å². The second-order valence-electron chi connectivity index (χ2n) is 6.42. The lowest BCUT2D eigenvalue weighted by Crippen LogP contribution is -2.29. The predicted octanol–water partition coefficient (Wildman–Crippen LogP) is 3.98. The Balaban J connectivity index is 1.95. The molecule has 0 saturated heterocycles. The van der Waals surface area contributed by atoms with Gasteiger partial charge in [-0.15, -0.1) is 0 Å². The highest BCUT2D eigenvalue weighted by molar-refractivity contribution is 5.97. The van der Waals surface area contributed by atoms with E-state index in [-0.39, 0.29) is 17.5 Å². The van der Waals surface area contributed by atoms with E-state index >= 15 is 0 Å². The van der Waals surface area contributed by atoms with Crippen molar-refractivity contribution in [2.24, 2.45) is 0 Å².